The van der Waals surface area contributed by atoms with Crippen molar-refractivity contribution in [3.8, 4) is 11.5 Å². The van der Waals surface area contributed by atoms with E-state index in [2.05, 4.69) is 19.2 Å². The fourth-order valence-electron chi connectivity index (χ4n) is 3.06. The number of likely N-dealkylation sites (tertiary alicyclic amines) is 1. The largest absolute Gasteiger partial charge is 0.493 e. The first kappa shape index (κ1) is 18.6. The highest BCUT2D eigenvalue weighted by molar-refractivity contribution is 5.95. The summed E-state index contributed by atoms with van der Waals surface area (Å²) in [6.07, 6.45) is 2.24. The molecule has 134 valence electrons. The fourth-order valence-corrected chi connectivity index (χ4v) is 3.06. The molecule has 0 bridgehead atoms. The number of carbonyl (C=O) groups excluding carboxylic acids is 1. The van der Waals surface area contributed by atoms with E-state index < -0.39 is 0 Å². The number of hydrogen-bond donors (Lipinski definition) is 1. The molecule has 1 aliphatic heterocycles. The molecule has 1 atom stereocenters. The number of piperidine rings is 1. The van der Waals surface area contributed by atoms with Crippen LogP contribution in [-0.2, 0) is 0 Å². The fraction of sp³-hybridized carbons (Fsp3) is 0.632. The summed E-state index contributed by atoms with van der Waals surface area (Å²) >= 11 is 0. The van der Waals surface area contributed by atoms with E-state index in [0.29, 0.717) is 35.5 Å². The highest BCUT2D eigenvalue weighted by Gasteiger charge is 2.24. The van der Waals surface area contributed by atoms with Crippen molar-refractivity contribution in [1.82, 2.24) is 10.2 Å². The van der Waals surface area contributed by atoms with Crippen molar-refractivity contribution in [2.75, 3.05) is 40.4 Å². The van der Waals surface area contributed by atoms with Gasteiger partial charge in [0.2, 0.25) is 0 Å². The Morgan fingerprint density at radius 2 is 2.17 bits per heavy atom. The van der Waals surface area contributed by atoms with Gasteiger partial charge in [0.25, 0.3) is 5.91 Å². The van der Waals surface area contributed by atoms with Gasteiger partial charge >= 0.3 is 0 Å². The number of rotatable bonds is 7. The van der Waals surface area contributed by atoms with Crippen molar-refractivity contribution in [3.05, 3.63) is 23.8 Å². The molecule has 0 radical (unpaired) electrons. The van der Waals surface area contributed by atoms with E-state index in [4.69, 9.17) is 9.47 Å². The van der Waals surface area contributed by atoms with E-state index in [0.717, 1.165) is 26.1 Å². The van der Waals surface area contributed by atoms with Gasteiger partial charge in [-0.3, -0.25) is 4.79 Å². The number of amides is 1. The molecule has 0 aromatic heterocycles. The van der Waals surface area contributed by atoms with Gasteiger partial charge in [-0.25, -0.2) is 0 Å². The minimum atomic E-state index is 0.0736. The van der Waals surface area contributed by atoms with Crippen LogP contribution in [-0.4, -0.2) is 51.2 Å². The molecule has 1 aliphatic rings. The van der Waals surface area contributed by atoms with Gasteiger partial charge in [0.1, 0.15) is 0 Å². The molecular weight excluding hydrogens is 304 g/mol. The quantitative estimate of drug-likeness (QED) is 0.833. The second-order valence-corrected chi connectivity index (χ2v) is 6.89. The number of nitrogens with zero attached hydrogens (tertiary/aromatic N) is 1. The molecule has 5 nitrogen and oxygen atoms in total. The standard InChI is InChI=1S/C19H30N2O3/c1-14(2)13-24-17-8-7-16(10-18(17)23-4)19(22)21-9-5-6-15(12-21)11-20-3/h7-8,10,14-15,20H,5-6,9,11-13H2,1-4H3/t15-/m0/s1. The third-order valence-corrected chi connectivity index (χ3v) is 4.28. The second kappa shape index (κ2) is 8.92. The average Bonchev–Trinajstić information content (AvgIpc) is 2.59. The first-order chi connectivity index (χ1) is 11.5. The lowest BCUT2D eigenvalue weighted by Crippen LogP contribution is -2.42. The maximum atomic E-state index is 12.8. The van der Waals surface area contributed by atoms with Crippen LogP contribution in [0.25, 0.3) is 0 Å². The zero-order valence-corrected chi connectivity index (χ0v) is 15.3. The predicted molar refractivity (Wildman–Crippen MR) is 95.9 cm³/mol. The van der Waals surface area contributed by atoms with Crippen molar-refractivity contribution >= 4 is 5.91 Å². The lowest BCUT2D eigenvalue weighted by molar-refractivity contribution is 0.0674. The summed E-state index contributed by atoms with van der Waals surface area (Å²) in [5, 5.41) is 3.21. The molecule has 1 N–H and O–H groups in total. The maximum absolute atomic E-state index is 12.8. The molecule has 0 saturated carbocycles. The first-order valence-electron chi connectivity index (χ1n) is 8.79. The number of carbonyl (C=O) groups is 1. The highest BCUT2D eigenvalue weighted by Crippen LogP contribution is 2.29. The van der Waals surface area contributed by atoms with Crippen LogP contribution in [0.4, 0.5) is 0 Å². The van der Waals surface area contributed by atoms with Crippen LogP contribution in [0.1, 0.15) is 37.0 Å². The van der Waals surface area contributed by atoms with E-state index in [9.17, 15) is 4.79 Å². The van der Waals surface area contributed by atoms with E-state index in [1.165, 1.54) is 6.42 Å². The second-order valence-electron chi connectivity index (χ2n) is 6.89. The van der Waals surface area contributed by atoms with E-state index in [1.54, 1.807) is 13.2 Å². The van der Waals surface area contributed by atoms with Crippen molar-refractivity contribution in [2.24, 2.45) is 11.8 Å². The summed E-state index contributed by atoms with van der Waals surface area (Å²) in [4.78, 5) is 14.8. The van der Waals surface area contributed by atoms with Crippen LogP contribution in [0.5, 0.6) is 11.5 Å². The third-order valence-electron chi connectivity index (χ3n) is 4.28. The number of ether oxygens (including phenoxy) is 2. The van der Waals surface area contributed by atoms with Crippen molar-refractivity contribution < 1.29 is 14.3 Å². The minimum Gasteiger partial charge on any atom is -0.493 e. The molecule has 0 aliphatic carbocycles. The van der Waals surface area contributed by atoms with Crippen LogP contribution in [0, 0.1) is 11.8 Å². The van der Waals surface area contributed by atoms with Gasteiger partial charge in [0, 0.05) is 18.7 Å². The van der Waals surface area contributed by atoms with Crippen molar-refractivity contribution in [2.45, 2.75) is 26.7 Å². The lowest BCUT2D eigenvalue weighted by Gasteiger charge is -2.33. The molecule has 1 saturated heterocycles. The highest BCUT2D eigenvalue weighted by atomic mass is 16.5. The van der Waals surface area contributed by atoms with Crippen LogP contribution < -0.4 is 14.8 Å². The Morgan fingerprint density at radius 3 is 2.83 bits per heavy atom. The smallest absolute Gasteiger partial charge is 0.254 e. The molecule has 1 fully saturated rings. The average molecular weight is 334 g/mol. The van der Waals surface area contributed by atoms with Crippen LogP contribution >= 0.6 is 0 Å². The molecule has 2 rings (SSSR count). The Bertz CT molecular complexity index is 543. The zero-order valence-electron chi connectivity index (χ0n) is 15.3. The number of benzene rings is 1. The SMILES string of the molecule is CNC[C@@H]1CCCN(C(=O)c2ccc(OCC(C)C)c(OC)c2)C1. The van der Waals surface area contributed by atoms with Crippen LogP contribution in [0.15, 0.2) is 18.2 Å². The summed E-state index contributed by atoms with van der Waals surface area (Å²) in [5.41, 5.74) is 0.661. The summed E-state index contributed by atoms with van der Waals surface area (Å²) in [6, 6.07) is 5.46. The van der Waals surface area contributed by atoms with E-state index in [1.807, 2.05) is 24.1 Å². The summed E-state index contributed by atoms with van der Waals surface area (Å²) in [5.74, 6) is 2.35. The predicted octanol–water partition coefficient (Wildman–Crippen LogP) is 2.80. The Kier molecular flexibility index (Phi) is 6.91. The van der Waals surface area contributed by atoms with E-state index in [-0.39, 0.29) is 5.91 Å². The van der Waals surface area contributed by atoms with Gasteiger partial charge in [-0.15, -0.1) is 0 Å². The Morgan fingerprint density at radius 1 is 1.38 bits per heavy atom. The van der Waals surface area contributed by atoms with Gasteiger partial charge in [-0.05, 0) is 56.5 Å². The molecular formula is C19H30N2O3. The van der Waals surface area contributed by atoms with Crippen molar-refractivity contribution in [1.29, 1.82) is 0 Å². The summed E-state index contributed by atoms with van der Waals surface area (Å²) in [7, 11) is 3.57. The molecule has 0 unspecified atom stereocenters. The van der Waals surface area contributed by atoms with Crippen LogP contribution in [0.2, 0.25) is 0 Å². The number of nitrogens with one attached hydrogen (secondary N) is 1. The Balaban J connectivity index is 2.08. The Hall–Kier alpha value is -1.75. The van der Waals surface area contributed by atoms with Gasteiger partial charge in [0.15, 0.2) is 11.5 Å². The third kappa shape index (κ3) is 4.87. The zero-order chi connectivity index (χ0) is 17.5. The molecule has 0 spiro atoms. The number of hydrogen-bond acceptors (Lipinski definition) is 4. The monoisotopic (exact) mass is 334 g/mol. The minimum absolute atomic E-state index is 0.0736. The Labute approximate surface area is 145 Å². The van der Waals surface area contributed by atoms with Gasteiger partial charge in [0.05, 0.1) is 13.7 Å². The summed E-state index contributed by atoms with van der Waals surface area (Å²) in [6.45, 7) is 7.42. The maximum Gasteiger partial charge on any atom is 0.254 e. The lowest BCUT2D eigenvalue weighted by atomic mass is 9.97. The van der Waals surface area contributed by atoms with Crippen molar-refractivity contribution in [3.63, 3.8) is 0 Å². The van der Waals surface area contributed by atoms with Crippen LogP contribution in [0.3, 0.4) is 0 Å². The van der Waals surface area contributed by atoms with Gasteiger partial charge in [-0.1, -0.05) is 13.8 Å². The molecule has 1 aromatic rings. The number of methoxy groups -OCH3 is 1. The molecule has 1 amide bonds. The molecule has 5 heteroatoms. The topological polar surface area (TPSA) is 50.8 Å². The van der Waals surface area contributed by atoms with Gasteiger partial charge < -0.3 is 19.7 Å². The molecule has 1 heterocycles. The van der Waals surface area contributed by atoms with E-state index >= 15 is 0 Å². The molecule has 1 aromatic carbocycles. The molecule has 24 heavy (non-hydrogen) atoms. The summed E-state index contributed by atoms with van der Waals surface area (Å²) < 4.78 is 11.2. The first-order valence-corrected chi connectivity index (χ1v) is 8.79. The van der Waals surface area contributed by atoms with Gasteiger partial charge in [-0.2, -0.15) is 0 Å². The normalized spacial score (nSPS) is 17.9.